The number of nitrogens with zero attached hydrogens (tertiary/aromatic N) is 1. The molecule has 2 rings (SSSR count). The van der Waals surface area contributed by atoms with Crippen molar-refractivity contribution in [3.63, 3.8) is 0 Å². The number of carboxylic acid groups (broad SMARTS) is 1. The average molecular weight is 274 g/mol. The van der Waals surface area contributed by atoms with Crippen LogP contribution in [0.4, 0.5) is 5.69 Å². The average Bonchev–Trinajstić information content (AvgIpc) is 2.41. The van der Waals surface area contributed by atoms with Crippen LogP contribution in [0.3, 0.4) is 0 Å². The number of aromatic nitrogens is 1. The Kier molecular flexibility index (Phi) is 4.06. The molecule has 0 unspecified atom stereocenters. The number of carboxylic acids is 1. The summed E-state index contributed by atoms with van der Waals surface area (Å²) in [7, 11) is 0. The van der Waals surface area contributed by atoms with Gasteiger partial charge in [0.2, 0.25) is 0 Å². The van der Waals surface area contributed by atoms with Crippen molar-refractivity contribution in [3.05, 3.63) is 42.0 Å². The van der Waals surface area contributed by atoms with Crippen molar-refractivity contribution >= 4 is 23.4 Å². The second-order valence-electron chi connectivity index (χ2n) is 4.09. The maximum Gasteiger partial charge on any atom is 0.313 e. The lowest BCUT2D eigenvalue weighted by Crippen LogP contribution is -2.02. The van der Waals surface area contributed by atoms with Gasteiger partial charge in [-0.25, -0.2) is 4.98 Å². The minimum atomic E-state index is -0.881. The molecular weight excluding hydrogens is 260 g/mol. The molecule has 19 heavy (non-hydrogen) atoms. The SMILES string of the molecule is Cc1cc(-c2ccccc2)nc(SCC(=O)O)c1N. The summed E-state index contributed by atoms with van der Waals surface area (Å²) in [6, 6.07) is 11.6. The van der Waals surface area contributed by atoms with Crippen molar-refractivity contribution in [2.75, 3.05) is 11.5 Å². The van der Waals surface area contributed by atoms with Crippen molar-refractivity contribution in [2.24, 2.45) is 0 Å². The van der Waals surface area contributed by atoms with E-state index >= 15 is 0 Å². The Bertz CT molecular complexity index is 600. The summed E-state index contributed by atoms with van der Waals surface area (Å²) in [4.78, 5) is 15.1. The second kappa shape index (κ2) is 5.75. The molecule has 4 nitrogen and oxygen atoms in total. The molecule has 3 N–H and O–H groups in total. The van der Waals surface area contributed by atoms with Crippen LogP contribution < -0.4 is 5.73 Å². The highest BCUT2D eigenvalue weighted by molar-refractivity contribution is 8.00. The van der Waals surface area contributed by atoms with E-state index in [0.29, 0.717) is 10.7 Å². The number of aliphatic carboxylic acids is 1. The van der Waals surface area contributed by atoms with Crippen molar-refractivity contribution < 1.29 is 9.90 Å². The number of aryl methyl sites for hydroxylation is 1. The predicted octanol–water partition coefficient (Wildman–Crippen LogP) is 2.82. The topological polar surface area (TPSA) is 76.2 Å². The van der Waals surface area contributed by atoms with Crippen LogP contribution in [0.1, 0.15) is 5.56 Å². The van der Waals surface area contributed by atoms with Crippen LogP contribution in [-0.4, -0.2) is 21.8 Å². The largest absolute Gasteiger partial charge is 0.481 e. The molecule has 2 aromatic rings. The third-order valence-corrected chi connectivity index (χ3v) is 3.61. The van der Waals surface area contributed by atoms with Gasteiger partial charge in [-0.15, -0.1) is 0 Å². The quantitative estimate of drug-likeness (QED) is 0.838. The Morgan fingerprint density at radius 2 is 2.05 bits per heavy atom. The fourth-order valence-corrected chi connectivity index (χ4v) is 2.39. The number of anilines is 1. The third kappa shape index (κ3) is 3.26. The fraction of sp³-hybridized carbons (Fsp3) is 0.143. The summed E-state index contributed by atoms with van der Waals surface area (Å²) in [6.07, 6.45) is 0. The Morgan fingerprint density at radius 3 is 2.68 bits per heavy atom. The second-order valence-corrected chi connectivity index (χ2v) is 5.06. The van der Waals surface area contributed by atoms with Crippen molar-refractivity contribution in [2.45, 2.75) is 11.9 Å². The van der Waals surface area contributed by atoms with Gasteiger partial charge in [0.15, 0.2) is 0 Å². The van der Waals surface area contributed by atoms with E-state index in [-0.39, 0.29) is 5.75 Å². The van der Waals surface area contributed by atoms with Crippen molar-refractivity contribution in [1.29, 1.82) is 0 Å². The zero-order valence-electron chi connectivity index (χ0n) is 10.5. The lowest BCUT2D eigenvalue weighted by molar-refractivity contribution is -0.133. The number of hydrogen-bond acceptors (Lipinski definition) is 4. The van der Waals surface area contributed by atoms with Gasteiger partial charge in [-0.05, 0) is 18.6 Å². The minimum Gasteiger partial charge on any atom is -0.481 e. The number of nitrogen functional groups attached to an aromatic ring is 1. The molecule has 5 heteroatoms. The van der Waals surface area contributed by atoms with Gasteiger partial charge in [-0.3, -0.25) is 4.79 Å². The number of carbonyl (C=O) groups is 1. The van der Waals surface area contributed by atoms with Crippen molar-refractivity contribution in [3.8, 4) is 11.3 Å². The molecule has 0 saturated carbocycles. The summed E-state index contributed by atoms with van der Waals surface area (Å²) >= 11 is 1.14. The summed E-state index contributed by atoms with van der Waals surface area (Å²) in [6.45, 7) is 1.90. The van der Waals surface area contributed by atoms with E-state index in [0.717, 1.165) is 28.6 Å². The third-order valence-electron chi connectivity index (χ3n) is 2.63. The number of benzene rings is 1. The molecule has 0 radical (unpaired) electrons. The normalized spacial score (nSPS) is 10.4. The molecule has 0 aliphatic carbocycles. The van der Waals surface area contributed by atoms with Crippen LogP contribution in [0, 0.1) is 6.92 Å². The van der Waals surface area contributed by atoms with E-state index < -0.39 is 5.97 Å². The summed E-state index contributed by atoms with van der Waals surface area (Å²) < 4.78 is 0. The molecule has 0 bridgehead atoms. The zero-order chi connectivity index (χ0) is 13.8. The van der Waals surface area contributed by atoms with Gasteiger partial charge in [0.05, 0.1) is 17.1 Å². The first-order valence-corrected chi connectivity index (χ1v) is 6.73. The minimum absolute atomic E-state index is 0.0467. The number of pyridine rings is 1. The summed E-state index contributed by atoms with van der Waals surface area (Å²) in [5.74, 6) is -0.927. The predicted molar refractivity (Wildman–Crippen MR) is 77.2 cm³/mol. The smallest absolute Gasteiger partial charge is 0.313 e. The summed E-state index contributed by atoms with van der Waals surface area (Å²) in [5, 5.41) is 9.30. The number of rotatable bonds is 4. The number of nitrogens with two attached hydrogens (primary N) is 1. The summed E-state index contributed by atoms with van der Waals surface area (Å²) in [5.41, 5.74) is 9.19. The molecule has 0 spiro atoms. The van der Waals surface area contributed by atoms with Gasteiger partial charge >= 0.3 is 5.97 Å². The van der Waals surface area contributed by atoms with E-state index in [1.165, 1.54) is 0 Å². The molecule has 1 aromatic carbocycles. The van der Waals surface area contributed by atoms with Crippen LogP contribution in [0.2, 0.25) is 0 Å². The van der Waals surface area contributed by atoms with Crippen LogP contribution in [-0.2, 0) is 4.79 Å². The van der Waals surface area contributed by atoms with Crippen LogP contribution in [0.15, 0.2) is 41.4 Å². The maximum atomic E-state index is 10.6. The van der Waals surface area contributed by atoms with Gasteiger partial charge < -0.3 is 10.8 Å². The molecule has 0 saturated heterocycles. The van der Waals surface area contributed by atoms with E-state index in [4.69, 9.17) is 10.8 Å². The van der Waals surface area contributed by atoms with Gasteiger partial charge in [-0.1, -0.05) is 42.1 Å². The molecular formula is C14H14N2O2S. The van der Waals surface area contributed by atoms with E-state index in [1.54, 1.807) is 0 Å². The Morgan fingerprint density at radius 1 is 1.37 bits per heavy atom. The zero-order valence-corrected chi connectivity index (χ0v) is 11.3. The van der Waals surface area contributed by atoms with Crippen LogP contribution in [0.5, 0.6) is 0 Å². The first-order valence-electron chi connectivity index (χ1n) is 5.75. The monoisotopic (exact) mass is 274 g/mol. The first kappa shape index (κ1) is 13.4. The lowest BCUT2D eigenvalue weighted by atomic mass is 10.1. The Hall–Kier alpha value is -2.01. The van der Waals surface area contributed by atoms with Crippen LogP contribution in [0.25, 0.3) is 11.3 Å². The van der Waals surface area contributed by atoms with Crippen molar-refractivity contribution in [1.82, 2.24) is 4.98 Å². The molecule has 0 aliphatic rings. The van der Waals surface area contributed by atoms with E-state index in [9.17, 15) is 4.79 Å². The van der Waals surface area contributed by atoms with Gasteiger partial charge in [0.25, 0.3) is 0 Å². The van der Waals surface area contributed by atoms with Gasteiger partial charge in [0.1, 0.15) is 5.03 Å². The highest BCUT2D eigenvalue weighted by Gasteiger charge is 2.10. The number of hydrogen-bond donors (Lipinski definition) is 2. The standard InChI is InChI=1S/C14H14N2O2S/c1-9-7-11(10-5-3-2-4-6-10)16-14(13(9)15)19-8-12(17)18/h2-7H,8,15H2,1H3,(H,17,18). The highest BCUT2D eigenvalue weighted by atomic mass is 32.2. The first-order chi connectivity index (χ1) is 9.08. The maximum absolute atomic E-state index is 10.6. The molecule has 0 fully saturated rings. The Labute approximate surface area is 115 Å². The molecule has 1 heterocycles. The van der Waals surface area contributed by atoms with E-state index in [2.05, 4.69) is 4.98 Å². The highest BCUT2D eigenvalue weighted by Crippen LogP contribution is 2.29. The molecule has 0 aliphatic heterocycles. The Balaban J connectivity index is 2.39. The van der Waals surface area contributed by atoms with Gasteiger partial charge in [-0.2, -0.15) is 0 Å². The molecule has 98 valence electrons. The molecule has 0 amide bonds. The number of thioether (sulfide) groups is 1. The van der Waals surface area contributed by atoms with E-state index in [1.807, 2.05) is 43.3 Å². The lowest BCUT2D eigenvalue weighted by Gasteiger charge is -2.10. The molecule has 0 atom stereocenters. The molecule has 1 aromatic heterocycles. The van der Waals surface area contributed by atoms with Gasteiger partial charge in [0, 0.05) is 5.56 Å². The fourth-order valence-electron chi connectivity index (χ4n) is 1.65. The van der Waals surface area contributed by atoms with Crippen LogP contribution >= 0.6 is 11.8 Å².